The van der Waals surface area contributed by atoms with Gasteiger partial charge in [0.05, 0.1) is 26.2 Å². The molecule has 0 aliphatic rings. The fourth-order valence-electron chi connectivity index (χ4n) is 4.63. The van der Waals surface area contributed by atoms with Crippen molar-refractivity contribution in [1.82, 2.24) is 5.53 Å². The lowest BCUT2D eigenvalue weighted by Gasteiger charge is -2.44. The number of benzene rings is 2. The number of aryl methyl sites for hydroxylation is 4. The Bertz CT molecular complexity index is 904. The second kappa shape index (κ2) is 12.3. The van der Waals surface area contributed by atoms with Gasteiger partial charge in [-0.15, -0.1) is 0 Å². The summed E-state index contributed by atoms with van der Waals surface area (Å²) in [6, 6.07) is 12.0. The van der Waals surface area contributed by atoms with E-state index < -0.39 is 0 Å². The summed E-state index contributed by atoms with van der Waals surface area (Å²) in [6.07, 6.45) is 0. The van der Waals surface area contributed by atoms with Gasteiger partial charge in [-0.25, -0.2) is 0 Å². The first-order valence-corrected chi connectivity index (χ1v) is 12.8. The van der Waals surface area contributed by atoms with Gasteiger partial charge in [-0.3, -0.25) is 9.59 Å². The SMILES string of the molecule is CC[N+](CC)(CC(=O)Nc1c(C)cccc1C)N[N+](CC)(CC)CC(=O)Nc1c(C)cccc1C. The Balaban J connectivity index is 2.22. The van der Waals surface area contributed by atoms with Gasteiger partial charge in [0.1, 0.15) is 0 Å². The largest absolute Gasteiger partial charge is 0.321 e. The van der Waals surface area contributed by atoms with Gasteiger partial charge in [-0.2, -0.15) is 9.18 Å². The number of rotatable bonds is 12. The number of quaternary nitrogens is 2. The smallest absolute Gasteiger partial charge is 0.281 e. The standard InChI is InChI=1S/C28H43N5O2/c1-9-32(10-2,19-25(34)29-27-21(5)15-13-16-22(27)6)31-33(11-3,12-4)20-26(35)30-28-23(7)17-14-18-24(28)8/h13-18,31H,9-12,19-20H2,1-8H3/p+2. The number of nitrogens with zero attached hydrogens (tertiary/aromatic N) is 2. The lowest BCUT2D eigenvalue weighted by Crippen LogP contribution is -2.74. The second-order valence-electron chi connectivity index (χ2n) is 9.60. The van der Waals surface area contributed by atoms with Crippen molar-refractivity contribution in [2.45, 2.75) is 55.4 Å². The van der Waals surface area contributed by atoms with Crippen LogP contribution in [-0.2, 0) is 9.59 Å². The van der Waals surface area contributed by atoms with Crippen LogP contribution in [0.3, 0.4) is 0 Å². The molecule has 7 heteroatoms. The third-order valence-corrected chi connectivity index (χ3v) is 7.23. The quantitative estimate of drug-likeness (QED) is 0.305. The molecule has 0 unspecified atom stereocenters. The first kappa shape index (κ1) is 28.5. The Morgan fingerprint density at radius 2 is 0.886 bits per heavy atom. The maximum atomic E-state index is 13.2. The van der Waals surface area contributed by atoms with Gasteiger partial charge >= 0.3 is 0 Å². The number of nitrogens with one attached hydrogen (secondary N) is 3. The molecule has 2 aromatic rings. The summed E-state index contributed by atoms with van der Waals surface area (Å²) < 4.78 is 0.768. The highest BCUT2D eigenvalue weighted by Gasteiger charge is 2.40. The molecule has 7 nitrogen and oxygen atoms in total. The van der Waals surface area contributed by atoms with Crippen molar-refractivity contribution in [2.24, 2.45) is 0 Å². The zero-order chi connectivity index (χ0) is 26.2. The predicted molar refractivity (Wildman–Crippen MR) is 145 cm³/mol. The Hall–Kier alpha value is -2.74. The molecule has 0 spiro atoms. The minimum Gasteiger partial charge on any atom is -0.321 e. The van der Waals surface area contributed by atoms with E-state index in [2.05, 4.69) is 43.9 Å². The molecule has 2 amide bonds. The molecule has 3 N–H and O–H groups in total. The van der Waals surface area contributed by atoms with Gasteiger partial charge in [0.15, 0.2) is 13.1 Å². The summed E-state index contributed by atoms with van der Waals surface area (Å²) in [4.78, 5) is 26.4. The molecule has 0 aliphatic carbocycles. The van der Waals surface area contributed by atoms with E-state index in [9.17, 15) is 9.59 Å². The molecule has 0 atom stereocenters. The van der Waals surface area contributed by atoms with Crippen LogP contribution in [0.25, 0.3) is 0 Å². The Kier molecular flexibility index (Phi) is 10.0. The van der Waals surface area contributed by atoms with Crippen LogP contribution in [0.15, 0.2) is 36.4 Å². The summed E-state index contributed by atoms with van der Waals surface area (Å²) in [5, 5.41) is 6.26. The van der Waals surface area contributed by atoms with Crippen LogP contribution in [0.2, 0.25) is 0 Å². The highest BCUT2D eigenvalue weighted by Crippen LogP contribution is 2.21. The summed E-state index contributed by atoms with van der Waals surface area (Å²) >= 11 is 0. The van der Waals surface area contributed by atoms with Crippen LogP contribution in [0.5, 0.6) is 0 Å². The van der Waals surface area contributed by atoms with Gasteiger partial charge in [0, 0.05) is 11.4 Å². The second-order valence-corrected chi connectivity index (χ2v) is 9.60. The zero-order valence-corrected chi connectivity index (χ0v) is 22.9. The monoisotopic (exact) mass is 483 g/mol. The number of hydrogen-bond acceptors (Lipinski definition) is 3. The topological polar surface area (TPSA) is 70.2 Å². The van der Waals surface area contributed by atoms with Crippen LogP contribution in [0.1, 0.15) is 49.9 Å². The first-order valence-electron chi connectivity index (χ1n) is 12.8. The molecule has 0 saturated heterocycles. The fourth-order valence-corrected chi connectivity index (χ4v) is 4.63. The highest BCUT2D eigenvalue weighted by molar-refractivity contribution is 5.93. The molecule has 192 valence electrons. The number of para-hydroxylation sites is 2. The number of hydrogen-bond donors (Lipinski definition) is 3. The predicted octanol–water partition coefficient (Wildman–Crippen LogP) is 4.63. The number of anilines is 2. The van der Waals surface area contributed by atoms with E-state index in [1.165, 1.54) is 0 Å². The van der Waals surface area contributed by atoms with Gasteiger partial charge in [-0.1, -0.05) is 36.4 Å². The molecule has 2 rings (SSSR count). The van der Waals surface area contributed by atoms with Crippen LogP contribution < -0.4 is 16.2 Å². The Labute approximate surface area is 211 Å². The van der Waals surface area contributed by atoms with E-state index in [4.69, 9.17) is 0 Å². The summed E-state index contributed by atoms with van der Waals surface area (Å²) in [5.74, 6) is -0.0761. The number of likely N-dealkylation sites (N-methyl/N-ethyl adjacent to an activating group) is 2. The van der Waals surface area contributed by atoms with Gasteiger partial charge in [0.25, 0.3) is 11.8 Å². The van der Waals surface area contributed by atoms with Crippen LogP contribution in [0.4, 0.5) is 11.4 Å². The molecule has 35 heavy (non-hydrogen) atoms. The first-order chi connectivity index (χ1) is 16.5. The summed E-state index contributed by atoms with van der Waals surface area (Å²) in [5.41, 5.74) is 9.68. The number of carbonyl (C=O) groups excluding carboxylic acids is 2. The molecule has 0 aliphatic heterocycles. The van der Waals surface area contributed by atoms with Crippen molar-refractivity contribution in [1.29, 1.82) is 0 Å². The summed E-state index contributed by atoms with van der Waals surface area (Å²) in [7, 11) is 0. The number of amides is 2. The molecule has 2 aromatic carbocycles. The van der Waals surface area contributed by atoms with E-state index in [-0.39, 0.29) is 24.9 Å². The zero-order valence-electron chi connectivity index (χ0n) is 22.9. The fraction of sp³-hybridized carbons (Fsp3) is 0.500. The maximum absolute atomic E-state index is 13.2. The van der Waals surface area contributed by atoms with Crippen LogP contribution >= 0.6 is 0 Å². The van der Waals surface area contributed by atoms with Gasteiger partial charge in [0.2, 0.25) is 0 Å². The van der Waals surface area contributed by atoms with Crippen molar-refractivity contribution in [2.75, 3.05) is 49.9 Å². The van der Waals surface area contributed by atoms with Crippen molar-refractivity contribution < 1.29 is 18.8 Å². The van der Waals surface area contributed by atoms with E-state index in [0.717, 1.165) is 59.8 Å². The van der Waals surface area contributed by atoms with E-state index in [0.29, 0.717) is 9.18 Å². The average Bonchev–Trinajstić information content (AvgIpc) is 2.83. The van der Waals surface area contributed by atoms with Crippen molar-refractivity contribution in [3.05, 3.63) is 58.7 Å². The molecule has 0 radical (unpaired) electrons. The molecule has 0 aromatic heterocycles. The Morgan fingerprint density at radius 1 is 0.600 bits per heavy atom. The van der Waals surface area contributed by atoms with Crippen molar-refractivity contribution in [3.8, 4) is 0 Å². The average molecular weight is 484 g/mol. The summed E-state index contributed by atoms with van der Waals surface area (Å²) in [6.45, 7) is 19.8. The lowest BCUT2D eigenvalue weighted by atomic mass is 10.1. The maximum Gasteiger partial charge on any atom is 0.281 e. The van der Waals surface area contributed by atoms with Crippen molar-refractivity contribution >= 4 is 23.2 Å². The Morgan fingerprint density at radius 3 is 1.14 bits per heavy atom. The molecule has 0 bridgehead atoms. The molecular formula is C28H45N5O2+2. The molecular weight excluding hydrogens is 438 g/mol. The van der Waals surface area contributed by atoms with Crippen LogP contribution in [0, 0.1) is 27.7 Å². The molecule has 0 heterocycles. The van der Waals surface area contributed by atoms with E-state index in [1.54, 1.807) is 0 Å². The van der Waals surface area contributed by atoms with Crippen molar-refractivity contribution in [3.63, 3.8) is 0 Å². The normalized spacial score (nSPS) is 11.9. The van der Waals surface area contributed by atoms with Gasteiger partial charge in [-0.05, 0) is 83.2 Å². The minimum atomic E-state index is -0.0381. The van der Waals surface area contributed by atoms with E-state index in [1.807, 2.05) is 64.1 Å². The minimum absolute atomic E-state index is 0.0381. The van der Waals surface area contributed by atoms with Crippen LogP contribution in [-0.4, -0.2) is 60.3 Å². The van der Waals surface area contributed by atoms with E-state index >= 15 is 0 Å². The molecule has 0 fully saturated rings. The lowest BCUT2D eigenvalue weighted by molar-refractivity contribution is -1.16. The third kappa shape index (κ3) is 7.13. The molecule has 0 saturated carbocycles. The third-order valence-electron chi connectivity index (χ3n) is 7.23. The van der Waals surface area contributed by atoms with Gasteiger partial charge < -0.3 is 10.6 Å². The highest BCUT2D eigenvalue weighted by atomic mass is 16.2. The number of carbonyl (C=O) groups is 2.